The van der Waals surface area contributed by atoms with Crippen LogP contribution in [0.5, 0.6) is 0 Å². The van der Waals surface area contributed by atoms with E-state index in [0.717, 1.165) is 27.7 Å². The molecule has 152 valence electrons. The van der Waals surface area contributed by atoms with Crippen molar-refractivity contribution in [2.45, 2.75) is 58.3 Å². The number of primary amides is 1. The van der Waals surface area contributed by atoms with Crippen molar-refractivity contribution in [1.82, 2.24) is 5.32 Å². The summed E-state index contributed by atoms with van der Waals surface area (Å²) in [7, 11) is 0. The van der Waals surface area contributed by atoms with Gasteiger partial charge in [0.05, 0.1) is 0 Å². The molecule has 0 spiro atoms. The minimum atomic E-state index is -1.38. The van der Waals surface area contributed by atoms with E-state index >= 15 is 0 Å². The number of carbonyl (C=O) groups excluding carboxylic acids is 5. The molecule has 0 radical (unpaired) electrons. The molecule has 1 aliphatic rings. The van der Waals surface area contributed by atoms with E-state index in [1.165, 1.54) is 0 Å². The van der Waals surface area contributed by atoms with Gasteiger partial charge in [-0.1, -0.05) is 0 Å². The van der Waals surface area contributed by atoms with Gasteiger partial charge in [-0.3, -0.25) is 19.2 Å². The van der Waals surface area contributed by atoms with Crippen LogP contribution >= 0.6 is 0 Å². The maximum Gasteiger partial charge on any atom is 0.314 e. The van der Waals surface area contributed by atoms with Gasteiger partial charge in [0.1, 0.15) is 12.7 Å². The second-order valence-electron chi connectivity index (χ2n) is 5.63. The third-order valence-electron chi connectivity index (χ3n) is 3.28. The molecular weight excluding hydrogens is 368 g/mol. The van der Waals surface area contributed by atoms with Crippen molar-refractivity contribution >= 4 is 29.9 Å². The molecule has 1 rings (SSSR count). The van der Waals surface area contributed by atoms with Gasteiger partial charge in [0.15, 0.2) is 24.5 Å². The quantitative estimate of drug-likeness (QED) is 0.412. The second-order valence-corrected chi connectivity index (χ2v) is 5.63. The predicted molar refractivity (Wildman–Crippen MR) is 84.7 cm³/mol. The van der Waals surface area contributed by atoms with Gasteiger partial charge in [-0.15, -0.1) is 0 Å². The first kappa shape index (κ1) is 22.2. The largest absolute Gasteiger partial charge is 0.463 e. The average molecular weight is 390 g/mol. The van der Waals surface area contributed by atoms with E-state index in [0.29, 0.717) is 0 Å². The number of carbonyl (C=O) groups is 5. The summed E-state index contributed by atoms with van der Waals surface area (Å²) in [4.78, 5) is 56.9. The summed E-state index contributed by atoms with van der Waals surface area (Å²) in [5.74, 6) is -2.96. The van der Waals surface area contributed by atoms with Gasteiger partial charge in [-0.2, -0.15) is 0 Å². The van der Waals surface area contributed by atoms with Crippen molar-refractivity contribution in [1.29, 1.82) is 0 Å². The third kappa shape index (κ3) is 7.09. The lowest BCUT2D eigenvalue weighted by atomic mass is 9.97. The fourth-order valence-corrected chi connectivity index (χ4v) is 2.48. The van der Waals surface area contributed by atoms with Crippen LogP contribution in [-0.4, -0.2) is 67.2 Å². The Morgan fingerprint density at radius 2 is 1.30 bits per heavy atom. The van der Waals surface area contributed by atoms with Crippen LogP contribution in [0.4, 0.5) is 4.79 Å². The number of nitrogens with two attached hydrogens (primary N) is 1. The molecule has 27 heavy (non-hydrogen) atoms. The van der Waals surface area contributed by atoms with E-state index in [9.17, 15) is 24.0 Å². The van der Waals surface area contributed by atoms with Crippen LogP contribution in [0.2, 0.25) is 0 Å². The molecule has 0 bridgehead atoms. The molecule has 1 fully saturated rings. The van der Waals surface area contributed by atoms with E-state index < -0.39 is 67.2 Å². The lowest BCUT2D eigenvalue weighted by Crippen LogP contribution is -2.66. The summed E-state index contributed by atoms with van der Waals surface area (Å²) in [6.45, 7) is 4.02. The highest BCUT2D eigenvalue weighted by molar-refractivity contribution is 5.72. The molecular formula is C15H22N2O10. The maximum absolute atomic E-state index is 11.5. The van der Waals surface area contributed by atoms with Crippen LogP contribution in [0.15, 0.2) is 0 Å². The first-order valence-electron chi connectivity index (χ1n) is 7.87. The van der Waals surface area contributed by atoms with Crippen molar-refractivity contribution in [2.75, 3.05) is 6.61 Å². The van der Waals surface area contributed by atoms with Gasteiger partial charge < -0.3 is 34.7 Å². The molecule has 0 aromatic heterocycles. The molecule has 0 aliphatic carbocycles. The average Bonchev–Trinajstić information content (AvgIpc) is 2.49. The van der Waals surface area contributed by atoms with Gasteiger partial charge in [0, 0.05) is 27.7 Å². The van der Waals surface area contributed by atoms with Crippen molar-refractivity contribution in [2.24, 2.45) is 5.73 Å². The summed E-state index contributed by atoms with van der Waals surface area (Å²) in [6.07, 6.45) is -6.53. The molecule has 0 aromatic carbocycles. The van der Waals surface area contributed by atoms with Crippen LogP contribution in [0.1, 0.15) is 27.7 Å². The minimum absolute atomic E-state index is 0.394. The van der Waals surface area contributed by atoms with Gasteiger partial charge in [0.25, 0.3) is 0 Å². The molecule has 12 nitrogen and oxygen atoms in total. The normalized spacial score (nSPS) is 27.0. The summed E-state index contributed by atoms with van der Waals surface area (Å²) < 4.78 is 25.8. The summed E-state index contributed by atoms with van der Waals surface area (Å²) >= 11 is 0. The number of amides is 2. The van der Waals surface area contributed by atoms with Gasteiger partial charge in [0.2, 0.25) is 0 Å². The highest BCUT2D eigenvalue weighted by atomic mass is 16.7. The number of esters is 4. The molecule has 5 atom stereocenters. The monoisotopic (exact) mass is 390 g/mol. The number of hydrogen-bond donors (Lipinski definition) is 2. The molecule has 2 amide bonds. The fraction of sp³-hybridized carbons (Fsp3) is 0.667. The number of rotatable bonds is 6. The summed E-state index contributed by atoms with van der Waals surface area (Å²) in [5, 5.41) is 2.20. The van der Waals surface area contributed by atoms with Crippen molar-refractivity contribution in [3.05, 3.63) is 0 Å². The summed E-state index contributed by atoms with van der Waals surface area (Å²) in [5.41, 5.74) is 5.10. The Kier molecular flexibility index (Phi) is 7.97. The molecule has 0 saturated carbocycles. The maximum atomic E-state index is 11.5. The Bertz CT molecular complexity index is 607. The highest BCUT2D eigenvalue weighted by Crippen LogP contribution is 2.28. The van der Waals surface area contributed by atoms with E-state index in [4.69, 9.17) is 29.4 Å². The van der Waals surface area contributed by atoms with Crippen LogP contribution < -0.4 is 11.1 Å². The van der Waals surface area contributed by atoms with Crippen molar-refractivity contribution in [3.63, 3.8) is 0 Å². The third-order valence-corrected chi connectivity index (χ3v) is 3.28. The second kappa shape index (κ2) is 9.71. The Morgan fingerprint density at radius 1 is 0.815 bits per heavy atom. The van der Waals surface area contributed by atoms with Crippen LogP contribution in [-0.2, 0) is 42.9 Å². The van der Waals surface area contributed by atoms with Crippen LogP contribution in [0.25, 0.3) is 0 Å². The van der Waals surface area contributed by atoms with Crippen molar-refractivity contribution in [3.8, 4) is 0 Å². The molecule has 3 N–H and O–H groups in total. The Morgan fingerprint density at radius 3 is 1.74 bits per heavy atom. The molecule has 1 aliphatic heterocycles. The van der Waals surface area contributed by atoms with E-state index in [-0.39, 0.29) is 0 Å². The number of ether oxygens (including phenoxy) is 5. The van der Waals surface area contributed by atoms with Crippen LogP contribution in [0, 0.1) is 0 Å². The molecule has 0 unspecified atom stereocenters. The fourth-order valence-electron chi connectivity index (χ4n) is 2.48. The number of hydrogen-bond acceptors (Lipinski definition) is 10. The van der Waals surface area contributed by atoms with E-state index in [2.05, 4.69) is 5.32 Å². The first-order valence-corrected chi connectivity index (χ1v) is 7.87. The molecule has 1 heterocycles. The van der Waals surface area contributed by atoms with Gasteiger partial charge in [-0.25, -0.2) is 4.79 Å². The SMILES string of the molecule is CC(=O)OC[C@H]1O[C@@H](NC(N)=O)[C@H](OC(C)=O)[C@@H](OC(C)=O)[C@@H]1OC(C)=O. The zero-order valence-electron chi connectivity index (χ0n) is 15.3. The molecule has 0 aromatic rings. The van der Waals surface area contributed by atoms with Gasteiger partial charge >= 0.3 is 29.9 Å². The molecule has 12 heteroatoms. The first-order chi connectivity index (χ1) is 12.5. The summed E-state index contributed by atoms with van der Waals surface area (Å²) in [6, 6.07) is -1.02. The Hall–Kier alpha value is -2.89. The number of urea groups is 1. The van der Waals surface area contributed by atoms with E-state index in [1.54, 1.807) is 0 Å². The minimum Gasteiger partial charge on any atom is -0.463 e. The zero-order chi connectivity index (χ0) is 20.7. The smallest absolute Gasteiger partial charge is 0.314 e. The van der Waals surface area contributed by atoms with Crippen LogP contribution in [0.3, 0.4) is 0 Å². The lowest BCUT2D eigenvalue weighted by molar-refractivity contribution is -0.255. The van der Waals surface area contributed by atoms with E-state index in [1.807, 2.05) is 0 Å². The Balaban J connectivity index is 3.29. The topological polar surface area (TPSA) is 170 Å². The highest BCUT2D eigenvalue weighted by Gasteiger charge is 2.52. The van der Waals surface area contributed by atoms with Crippen molar-refractivity contribution < 1.29 is 47.7 Å². The predicted octanol–water partition coefficient (Wildman–Crippen LogP) is -1.26. The zero-order valence-corrected chi connectivity index (χ0v) is 15.3. The Labute approximate surface area is 154 Å². The number of nitrogens with one attached hydrogen (secondary N) is 1. The lowest BCUT2D eigenvalue weighted by Gasteiger charge is -2.44. The van der Waals surface area contributed by atoms with Gasteiger partial charge in [-0.05, 0) is 0 Å². The molecule has 1 saturated heterocycles. The standard InChI is InChI=1S/C15H22N2O10/c1-6(18)23-5-10-11(24-7(2)19)12(25-8(3)20)13(26-9(4)21)14(27-10)17-15(16)22/h10-14H,5H2,1-4H3,(H3,16,17,22)/t10-,11-,12+,13-,14-/m1/s1.